The number of rotatable bonds is 13. The van der Waals surface area contributed by atoms with Gasteiger partial charge >= 0.3 is 0 Å². The molecule has 0 radical (unpaired) electrons. The number of nitrogens with one attached hydrogen (secondary N) is 1. The van der Waals surface area contributed by atoms with Gasteiger partial charge in [0.1, 0.15) is 24.1 Å². The molecular formula is C30H35Cl2N3O6S. The van der Waals surface area contributed by atoms with Crippen LogP contribution in [0.5, 0.6) is 11.5 Å². The zero-order valence-electron chi connectivity index (χ0n) is 24.1. The van der Waals surface area contributed by atoms with Gasteiger partial charge in [-0.15, -0.1) is 0 Å². The Balaban J connectivity index is 2.09. The van der Waals surface area contributed by atoms with Crippen molar-refractivity contribution in [3.8, 4) is 11.5 Å². The van der Waals surface area contributed by atoms with Gasteiger partial charge in [-0.3, -0.25) is 13.9 Å². The van der Waals surface area contributed by atoms with Crippen molar-refractivity contribution in [3.63, 3.8) is 0 Å². The standard InChI is InChI=1S/C30H35Cl2N3O6S/c1-6-20(2)33-30(37)21(3)34(18-22-11-12-23(31)17-26(22)32)29(36)19-35(27-9-7-8-10-28(27)41-5)42(38,39)25-15-13-24(40-4)14-16-25/h7-17,20-21H,6,18-19H2,1-5H3,(H,33,37)/t20-,21-/m1/s1. The SMILES string of the molecule is CC[C@@H](C)NC(=O)[C@@H](C)N(Cc1ccc(Cl)cc1Cl)C(=O)CN(c1ccccc1OC)S(=O)(=O)c1ccc(OC)cc1. The van der Waals surface area contributed by atoms with Gasteiger partial charge in [-0.25, -0.2) is 8.42 Å². The van der Waals surface area contributed by atoms with Gasteiger partial charge in [-0.05, 0) is 74.4 Å². The summed E-state index contributed by atoms with van der Waals surface area (Å²) in [5.74, 6) is -0.293. The molecule has 0 aliphatic heterocycles. The summed E-state index contributed by atoms with van der Waals surface area (Å²) in [6, 6.07) is 16.1. The van der Waals surface area contributed by atoms with Crippen LogP contribution in [-0.4, -0.2) is 58.0 Å². The molecule has 0 aromatic heterocycles. The lowest BCUT2D eigenvalue weighted by Gasteiger charge is -2.33. The van der Waals surface area contributed by atoms with Gasteiger partial charge in [0.25, 0.3) is 10.0 Å². The largest absolute Gasteiger partial charge is 0.497 e. The van der Waals surface area contributed by atoms with E-state index in [1.165, 1.54) is 43.4 Å². The summed E-state index contributed by atoms with van der Waals surface area (Å²) in [4.78, 5) is 28.5. The number of ether oxygens (including phenoxy) is 2. The fourth-order valence-electron chi connectivity index (χ4n) is 4.11. The normalized spacial score (nSPS) is 12.6. The minimum atomic E-state index is -4.29. The first-order valence-electron chi connectivity index (χ1n) is 13.3. The average molecular weight is 637 g/mol. The van der Waals surface area contributed by atoms with Crippen LogP contribution in [0.1, 0.15) is 32.8 Å². The van der Waals surface area contributed by atoms with Crippen molar-refractivity contribution in [2.75, 3.05) is 25.1 Å². The Hall–Kier alpha value is -3.47. The Kier molecular flexibility index (Phi) is 11.5. The van der Waals surface area contributed by atoms with Gasteiger partial charge in [0, 0.05) is 22.6 Å². The lowest BCUT2D eigenvalue weighted by atomic mass is 10.1. The van der Waals surface area contributed by atoms with Crippen LogP contribution >= 0.6 is 23.2 Å². The van der Waals surface area contributed by atoms with Gasteiger partial charge in [0.2, 0.25) is 11.8 Å². The van der Waals surface area contributed by atoms with E-state index in [0.29, 0.717) is 27.8 Å². The molecule has 3 rings (SSSR count). The van der Waals surface area contributed by atoms with Crippen LogP contribution < -0.4 is 19.1 Å². The summed E-state index contributed by atoms with van der Waals surface area (Å²) in [6.45, 7) is 4.69. The molecule has 0 bridgehead atoms. The Morgan fingerprint density at radius 2 is 1.62 bits per heavy atom. The Labute approximate surface area is 257 Å². The number of benzene rings is 3. The van der Waals surface area contributed by atoms with Gasteiger partial charge in [0.05, 0.1) is 24.8 Å². The second kappa shape index (κ2) is 14.6. The van der Waals surface area contributed by atoms with E-state index < -0.39 is 28.5 Å². The van der Waals surface area contributed by atoms with Gasteiger partial charge in [-0.1, -0.05) is 48.3 Å². The summed E-state index contributed by atoms with van der Waals surface area (Å²) in [7, 11) is -1.40. The second-order valence-corrected chi connectivity index (χ2v) is 12.3. The lowest BCUT2D eigenvalue weighted by molar-refractivity contribution is -0.139. The summed E-state index contributed by atoms with van der Waals surface area (Å²) >= 11 is 12.5. The second-order valence-electron chi connectivity index (χ2n) is 9.61. The minimum absolute atomic E-state index is 0.0585. The first kappa shape index (κ1) is 33.0. The highest BCUT2D eigenvalue weighted by molar-refractivity contribution is 7.92. The molecule has 0 saturated carbocycles. The zero-order chi connectivity index (χ0) is 31.0. The van der Waals surface area contributed by atoms with E-state index in [4.69, 9.17) is 32.7 Å². The molecule has 0 unspecified atom stereocenters. The average Bonchev–Trinajstić information content (AvgIpc) is 2.98. The van der Waals surface area contributed by atoms with Crippen molar-refractivity contribution >= 4 is 50.7 Å². The number of carbonyl (C=O) groups excluding carboxylic acids is 2. The van der Waals surface area contributed by atoms with Crippen LogP contribution in [0.25, 0.3) is 0 Å². The molecule has 9 nitrogen and oxygen atoms in total. The maximum atomic E-state index is 14.1. The summed E-state index contributed by atoms with van der Waals surface area (Å²) in [5.41, 5.74) is 0.699. The summed E-state index contributed by atoms with van der Waals surface area (Å²) in [5, 5.41) is 3.62. The fourth-order valence-corrected chi connectivity index (χ4v) is 6.00. The number of para-hydroxylation sites is 2. The highest BCUT2D eigenvalue weighted by Crippen LogP contribution is 2.33. The molecule has 0 saturated heterocycles. The first-order chi connectivity index (χ1) is 19.9. The predicted molar refractivity (Wildman–Crippen MR) is 165 cm³/mol. The van der Waals surface area contributed by atoms with Crippen molar-refractivity contribution in [2.24, 2.45) is 0 Å². The Bertz CT molecular complexity index is 1500. The molecule has 226 valence electrons. The number of sulfonamides is 1. The highest BCUT2D eigenvalue weighted by atomic mass is 35.5. The third-order valence-electron chi connectivity index (χ3n) is 6.80. The van der Waals surface area contributed by atoms with E-state index in [2.05, 4.69) is 5.32 Å². The quantitative estimate of drug-likeness (QED) is 0.264. The number of amides is 2. The van der Waals surface area contributed by atoms with Crippen LogP contribution in [0.2, 0.25) is 10.0 Å². The van der Waals surface area contributed by atoms with E-state index in [1.54, 1.807) is 49.4 Å². The molecule has 0 heterocycles. The van der Waals surface area contributed by atoms with Crippen LogP contribution in [0.3, 0.4) is 0 Å². The Morgan fingerprint density at radius 3 is 2.21 bits per heavy atom. The van der Waals surface area contributed by atoms with Crippen LogP contribution in [-0.2, 0) is 26.2 Å². The van der Waals surface area contributed by atoms with E-state index in [1.807, 2.05) is 13.8 Å². The maximum absolute atomic E-state index is 14.1. The van der Waals surface area contributed by atoms with Crippen molar-refractivity contribution in [1.82, 2.24) is 10.2 Å². The third-order valence-corrected chi connectivity index (χ3v) is 9.17. The van der Waals surface area contributed by atoms with E-state index in [0.717, 1.165) is 4.31 Å². The molecule has 0 aliphatic carbocycles. The molecule has 42 heavy (non-hydrogen) atoms. The molecule has 2 atom stereocenters. The molecule has 3 aromatic rings. The number of anilines is 1. The number of halogens is 2. The van der Waals surface area contributed by atoms with Gasteiger partial charge < -0.3 is 19.7 Å². The lowest BCUT2D eigenvalue weighted by Crippen LogP contribution is -2.52. The predicted octanol–water partition coefficient (Wildman–Crippen LogP) is 5.54. The third kappa shape index (κ3) is 7.87. The van der Waals surface area contributed by atoms with Gasteiger partial charge in [0.15, 0.2) is 0 Å². The number of hydrogen-bond acceptors (Lipinski definition) is 6. The van der Waals surface area contributed by atoms with Gasteiger partial charge in [-0.2, -0.15) is 0 Å². The minimum Gasteiger partial charge on any atom is -0.497 e. The van der Waals surface area contributed by atoms with Crippen molar-refractivity contribution in [1.29, 1.82) is 0 Å². The molecule has 0 spiro atoms. The van der Waals surface area contributed by atoms with Crippen molar-refractivity contribution in [3.05, 3.63) is 82.3 Å². The van der Waals surface area contributed by atoms with Crippen molar-refractivity contribution in [2.45, 2.75) is 50.7 Å². The number of carbonyl (C=O) groups is 2. The summed E-state index contributed by atoms with van der Waals surface area (Å²) in [6.07, 6.45) is 0.692. The molecular weight excluding hydrogens is 601 g/mol. The highest BCUT2D eigenvalue weighted by Gasteiger charge is 2.34. The topological polar surface area (TPSA) is 105 Å². The molecule has 12 heteroatoms. The number of hydrogen-bond donors (Lipinski definition) is 1. The molecule has 0 fully saturated rings. The number of nitrogens with zero attached hydrogens (tertiary/aromatic N) is 2. The van der Waals surface area contributed by atoms with Crippen LogP contribution in [0.15, 0.2) is 71.6 Å². The molecule has 3 aromatic carbocycles. The van der Waals surface area contributed by atoms with Crippen LogP contribution in [0.4, 0.5) is 5.69 Å². The monoisotopic (exact) mass is 635 g/mol. The molecule has 1 N–H and O–H groups in total. The molecule has 2 amide bonds. The van der Waals surface area contributed by atoms with E-state index in [-0.39, 0.29) is 34.8 Å². The van der Waals surface area contributed by atoms with E-state index in [9.17, 15) is 18.0 Å². The maximum Gasteiger partial charge on any atom is 0.264 e. The number of methoxy groups -OCH3 is 2. The zero-order valence-corrected chi connectivity index (χ0v) is 26.5. The summed E-state index contributed by atoms with van der Waals surface area (Å²) < 4.78 is 39.7. The first-order valence-corrected chi connectivity index (χ1v) is 15.5. The van der Waals surface area contributed by atoms with Crippen LogP contribution in [0, 0.1) is 0 Å². The van der Waals surface area contributed by atoms with Crippen molar-refractivity contribution < 1.29 is 27.5 Å². The fraction of sp³-hybridized carbons (Fsp3) is 0.333. The van der Waals surface area contributed by atoms with E-state index >= 15 is 0 Å². The molecule has 0 aliphatic rings. The smallest absolute Gasteiger partial charge is 0.264 e. The Morgan fingerprint density at radius 1 is 0.952 bits per heavy atom.